The first-order chi connectivity index (χ1) is 8.79. The van der Waals surface area contributed by atoms with Gasteiger partial charge in [-0.1, -0.05) is 43.2 Å². The molecule has 1 aliphatic rings. The lowest BCUT2D eigenvalue weighted by atomic mass is 10.0. The number of rotatable bonds is 5. The molecular formula is C16H25NS. The molecule has 0 bridgehead atoms. The summed E-state index contributed by atoms with van der Waals surface area (Å²) in [7, 11) is 0. The molecule has 0 saturated carbocycles. The molecule has 2 rings (SSSR count). The van der Waals surface area contributed by atoms with Gasteiger partial charge < -0.3 is 5.32 Å². The molecule has 0 amide bonds. The van der Waals surface area contributed by atoms with Gasteiger partial charge in [0.2, 0.25) is 0 Å². The minimum Gasteiger partial charge on any atom is -0.309 e. The maximum absolute atomic E-state index is 3.75. The van der Waals surface area contributed by atoms with Crippen molar-refractivity contribution in [1.82, 2.24) is 5.32 Å². The molecule has 0 aliphatic carbocycles. The molecular weight excluding hydrogens is 238 g/mol. The van der Waals surface area contributed by atoms with Gasteiger partial charge in [-0.3, -0.25) is 0 Å². The summed E-state index contributed by atoms with van der Waals surface area (Å²) >= 11 is 2.15. The van der Waals surface area contributed by atoms with Gasteiger partial charge in [0.25, 0.3) is 0 Å². The van der Waals surface area contributed by atoms with Crippen LogP contribution in [0.25, 0.3) is 0 Å². The molecule has 1 heterocycles. The standard InChI is InChI=1S/C16H25NS/c1-3-16(14-9-7-13(2)8-10-14)17-12-15-6-4-5-11-18-15/h7-10,15-17H,3-6,11-12H2,1-2H3. The molecule has 2 unspecified atom stereocenters. The Bertz CT molecular complexity index is 341. The zero-order valence-corrected chi connectivity index (χ0v) is 12.4. The van der Waals surface area contributed by atoms with E-state index in [0.29, 0.717) is 6.04 Å². The molecule has 18 heavy (non-hydrogen) atoms. The van der Waals surface area contributed by atoms with E-state index in [1.54, 1.807) is 0 Å². The summed E-state index contributed by atoms with van der Waals surface area (Å²) in [6.07, 6.45) is 5.39. The maximum atomic E-state index is 3.75. The van der Waals surface area contributed by atoms with Crippen LogP contribution < -0.4 is 5.32 Å². The molecule has 100 valence electrons. The summed E-state index contributed by atoms with van der Waals surface area (Å²) < 4.78 is 0. The highest BCUT2D eigenvalue weighted by Gasteiger charge is 2.16. The first-order valence-corrected chi connectivity index (χ1v) is 8.26. The largest absolute Gasteiger partial charge is 0.309 e. The Balaban J connectivity index is 1.86. The molecule has 0 radical (unpaired) electrons. The van der Waals surface area contributed by atoms with Gasteiger partial charge in [0, 0.05) is 17.8 Å². The van der Waals surface area contributed by atoms with E-state index < -0.39 is 0 Å². The Morgan fingerprint density at radius 1 is 1.28 bits per heavy atom. The summed E-state index contributed by atoms with van der Waals surface area (Å²) in [5.74, 6) is 1.35. The van der Waals surface area contributed by atoms with Gasteiger partial charge in [-0.2, -0.15) is 11.8 Å². The van der Waals surface area contributed by atoms with E-state index in [1.807, 2.05) is 0 Å². The second kappa shape index (κ2) is 7.20. The average Bonchev–Trinajstić information content (AvgIpc) is 2.42. The van der Waals surface area contributed by atoms with Crippen molar-refractivity contribution in [2.75, 3.05) is 12.3 Å². The van der Waals surface area contributed by atoms with Gasteiger partial charge in [0.1, 0.15) is 0 Å². The SMILES string of the molecule is CCC(NCC1CCCCS1)c1ccc(C)cc1. The van der Waals surface area contributed by atoms with Crippen LogP contribution in [0, 0.1) is 6.92 Å². The lowest BCUT2D eigenvalue weighted by molar-refractivity contribution is 0.500. The predicted octanol–water partition coefficient (Wildman–Crippen LogP) is 4.32. The Morgan fingerprint density at radius 3 is 2.67 bits per heavy atom. The second-order valence-corrected chi connectivity index (χ2v) is 6.68. The molecule has 2 atom stereocenters. The predicted molar refractivity (Wildman–Crippen MR) is 82.3 cm³/mol. The quantitative estimate of drug-likeness (QED) is 0.849. The normalized spacial score (nSPS) is 21.8. The van der Waals surface area contributed by atoms with E-state index in [2.05, 4.69) is 55.2 Å². The number of hydrogen-bond donors (Lipinski definition) is 1. The highest BCUT2D eigenvalue weighted by atomic mass is 32.2. The zero-order valence-electron chi connectivity index (χ0n) is 11.6. The minimum absolute atomic E-state index is 0.521. The fourth-order valence-electron chi connectivity index (χ4n) is 2.54. The molecule has 1 N–H and O–H groups in total. The molecule has 2 heteroatoms. The van der Waals surface area contributed by atoms with Gasteiger partial charge in [-0.15, -0.1) is 0 Å². The number of hydrogen-bond acceptors (Lipinski definition) is 2. The topological polar surface area (TPSA) is 12.0 Å². The highest BCUT2D eigenvalue weighted by molar-refractivity contribution is 7.99. The average molecular weight is 263 g/mol. The molecule has 0 spiro atoms. The van der Waals surface area contributed by atoms with Crippen molar-refractivity contribution in [1.29, 1.82) is 0 Å². The minimum atomic E-state index is 0.521. The van der Waals surface area contributed by atoms with Gasteiger partial charge in [-0.25, -0.2) is 0 Å². The van der Waals surface area contributed by atoms with E-state index in [1.165, 1.54) is 42.6 Å². The van der Waals surface area contributed by atoms with Crippen molar-refractivity contribution in [2.45, 2.75) is 50.8 Å². The number of aryl methyl sites for hydroxylation is 1. The van der Waals surface area contributed by atoms with Gasteiger partial charge in [-0.05, 0) is 37.5 Å². The lowest BCUT2D eigenvalue weighted by Crippen LogP contribution is -2.30. The smallest absolute Gasteiger partial charge is 0.0318 e. The third-order valence-corrected chi connectivity index (χ3v) is 5.15. The van der Waals surface area contributed by atoms with Crippen LogP contribution in [0.4, 0.5) is 0 Å². The lowest BCUT2D eigenvalue weighted by Gasteiger charge is -2.25. The fourth-order valence-corrected chi connectivity index (χ4v) is 3.79. The van der Waals surface area contributed by atoms with E-state index in [4.69, 9.17) is 0 Å². The summed E-state index contributed by atoms with van der Waals surface area (Å²) in [4.78, 5) is 0. The summed E-state index contributed by atoms with van der Waals surface area (Å²) in [5, 5.41) is 4.59. The van der Waals surface area contributed by atoms with Gasteiger partial charge in [0.05, 0.1) is 0 Å². The molecule has 1 saturated heterocycles. The van der Waals surface area contributed by atoms with Crippen LogP contribution in [-0.2, 0) is 0 Å². The van der Waals surface area contributed by atoms with E-state index in [9.17, 15) is 0 Å². The van der Waals surface area contributed by atoms with E-state index >= 15 is 0 Å². The summed E-state index contributed by atoms with van der Waals surface area (Å²) in [6.45, 7) is 5.58. The molecule has 1 aromatic rings. The summed E-state index contributed by atoms with van der Waals surface area (Å²) in [5.41, 5.74) is 2.78. The van der Waals surface area contributed by atoms with Crippen molar-refractivity contribution < 1.29 is 0 Å². The van der Waals surface area contributed by atoms with Crippen LogP contribution in [0.2, 0.25) is 0 Å². The zero-order chi connectivity index (χ0) is 12.8. The number of thioether (sulfide) groups is 1. The molecule has 1 fully saturated rings. The van der Waals surface area contributed by atoms with E-state index in [0.717, 1.165) is 11.8 Å². The Labute approximate surface area is 116 Å². The molecule has 1 nitrogen and oxygen atoms in total. The van der Waals surface area contributed by atoms with Crippen molar-refractivity contribution in [3.05, 3.63) is 35.4 Å². The van der Waals surface area contributed by atoms with Crippen molar-refractivity contribution >= 4 is 11.8 Å². The van der Waals surface area contributed by atoms with E-state index in [-0.39, 0.29) is 0 Å². The summed E-state index contributed by atoms with van der Waals surface area (Å²) in [6, 6.07) is 9.49. The monoisotopic (exact) mass is 263 g/mol. The van der Waals surface area contributed by atoms with Crippen LogP contribution >= 0.6 is 11.8 Å². The first-order valence-electron chi connectivity index (χ1n) is 7.21. The number of benzene rings is 1. The third-order valence-electron chi connectivity index (χ3n) is 3.75. The van der Waals surface area contributed by atoms with Crippen LogP contribution in [0.1, 0.15) is 49.8 Å². The van der Waals surface area contributed by atoms with Crippen LogP contribution in [0.3, 0.4) is 0 Å². The van der Waals surface area contributed by atoms with Gasteiger partial charge in [0.15, 0.2) is 0 Å². The Hall–Kier alpha value is -0.470. The molecule has 0 aromatic heterocycles. The maximum Gasteiger partial charge on any atom is 0.0318 e. The Kier molecular flexibility index (Phi) is 5.58. The van der Waals surface area contributed by atoms with Crippen molar-refractivity contribution in [2.24, 2.45) is 0 Å². The van der Waals surface area contributed by atoms with Crippen LogP contribution in [-0.4, -0.2) is 17.5 Å². The third kappa shape index (κ3) is 4.03. The highest BCUT2D eigenvalue weighted by Crippen LogP contribution is 2.25. The fraction of sp³-hybridized carbons (Fsp3) is 0.625. The van der Waals surface area contributed by atoms with Crippen LogP contribution in [0.5, 0.6) is 0 Å². The van der Waals surface area contributed by atoms with Crippen molar-refractivity contribution in [3.8, 4) is 0 Å². The van der Waals surface area contributed by atoms with Crippen LogP contribution in [0.15, 0.2) is 24.3 Å². The Morgan fingerprint density at radius 2 is 2.06 bits per heavy atom. The van der Waals surface area contributed by atoms with Crippen molar-refractivity contribution in [3.63, 3.8) is 0 Å². The number of nitrogens with one attached hydrogen (secondary N) is 1. The first kappa shape index (κ1) is 14.0. The molecule has 1 aliphatic heterocycles. The molecule has 1 aromatic carbocycles. The van der Waals surface area contributed by atoms with Gasteiger partial charge >= 0.3 is 0 Å². The second-order valence-electron chi connectivity index (χ2n) is 5.27.